The van der Waals surface area contributed by atoms with Gasteiger partial charge in [-0.05, 0) is 44.4 Å². The van der Waals surface area contributed by atoms with Crippen molar-refractivity contribution in [2.24, 2.45) is 0 Å². The monoisotopic (exact) mass is 471 g/mol. The van der Waals surface area contributed by atoms with Gasteiger partial charge in [-0.3, -0.25) is 14.5 Å². The second-order valence-corrected chi connectivity index (χ2v) is 9.65. The van der Waals surface area contributed by atoms with E-state index in [9.17, 15) is 9.59 Å². The number of carbonyl (C=O) groups is 2. The van der Waals surface area contributed by atoms with Gasteiger partial charge in [-0.15, -0.1) is 0 Å². The summed E-state index contributed by atoms with van der Waals surface area (Å²) in [6.07, 6.45) is 4.07. The number of aromatic nitrogens is 2. The zero-order valence-electron chi connectivity index (χ0n) is 20.6. The second-order valence-electron chi connectivity index (χ2n) is 9.65. The molecule has 2 aromatic carbocycles. The highest BCUT2D eigenvalue weighted by Gasteiger charge is 2.29. The molecule has 182 valence electrons. The Morgan fingerprint density at radius 3 is 2.26 bits per heavy atom. The lowest BCUT2D eigenvalue weighted by Crippen LogP contribution is -2.51. The lowest BCUT2D eigenvalue weighted by molar-refractivity contribution is -0.131. The molecule has 0 bridgehead atoms. The van der Waals surface area contributed by atoms with Crippen molar-refractivity contribution in [1.82, 2.24) is 24.5 Å². The van der Waals surface area contributed by atoms with Crippen LogP contribution >= 0.6 is 0 Å². The Morgan fingerprint density at radius 2 is 1.57 bits per heavy atom. The average molecular weight is 472 g/mol. The number of hydrogen-bond donors (Lipinski definition) is 0. The van der Waals surface area contributed by atoms with Crippen LogP contribution < -0.4 is 0 Å². The van der Waals surface area contributed by atoms with Crippen LogP contribution in [0.2, 0.25) is 0 Å². The van der Waals surface area contributed by atoms with Crippen LogP contribution in [0.3, 0.4) is 0 Å². The zero-order valence-corrected chi connectivity index (χ0v) is 20.6. The molecule has 0 aliphatic carbocycles. The van der Waals surface area contributed by atoms with Crippen LogP contribution in [0, 0.1) is 13.8 Å². The third kappa shape index (κ3) is 5.00. The molecule has 2 amide bonds. The number of amides is 2. The van der Waals surface area contributed by atoms with E-state index in [0.717, 1.165) is 42.7 Å². The number of rotatable bonds is 5. The average Bonchev–Trinajstić information content (AvgIpc) is 3.56. The summed E-state index contributed by atoms with van der Waals surface area (Å²) in [7, 11) is 0. The molecule has 3 aromatic rings. The van der Waals surface area contributed by atoms with Gasteiger partial charge in [0.2, 0.25) is 5.91 Å². The Hall–Kier alpha value is -3.45. The second kappa shape index (κ2) is 10.0. The standard InChI is InChI=1S/C28H33N5O2/c1-21-10-11-24(22(2)18-21)27-25(19-33(29-27)23-8-4-3-5-9-23)28(35)32-16-14-30(15-17-32)20-26(34)31-12-6-7-13-31/h3-5,8-11,18-19H,6-7,12-17,20H2,1-2H3. The van der Waals surface area contributed by atoms with Crippen LogP contribution in [-0.2, 0) is 4.79 Å². The fourth-order valence-electron chi connectivity index (χ4n) is 5.06. The zero-order chi connectivity index (χ0) is 24.4. The molecule has 0 N–H and O–H groups in total. The highest BCUT2D eigenvalue weighted by Crippen LogP contribution is 2.28. The molecule has 5 rings (SSSR count). The molecule has 2 saturated heterocycles. The Balaban J connectivity index is 1.36. The number of nitrogens with zero attached hydrogens (tertiary/aromatic N) is 5. The summed E-state index contributed by atoms with van der Waals surface area (Å²) in [5.74, 6) is 0.205. The SMILES string of the molecule is Cc1ccc(-c2nn(-c3ccccc3)cc2C(=O)N2CCN(CC(=O)N3CCCC3)CC2)c(C)c1. The molecular formula is C28H33N5O2. The van der Waals surface area contributed by atoms with Crippen molar-refractivity contribution in [1.29, 1.82) is 0 Å². The molecule has 0 spiro atoms. The van der Waals surface area contributed by atoms with Gasteiger partial charge in [-0.1, -0.05) is 42.0 Å². The van der Waals surface area contributed by atoms with E-state index in [-0.39, 0.29) is 11.8 Å². The molecule has 2 aliphatic rings. The number of hydrogen-bond acceptors (Lipinski definition) is 4. The largest absolute Gasteiger partial charge is 0.342 e. The van der Waals surface area contributed by atoms with Gasteiger partial charge < -0.3 is 9.80 Å². The predicted molar refractivity (Wildman–Crippen MR) is 137 cm³/mol. The maximum absolute atomic E-state index is 13.7. The molecule has 2 fully saturated rings. The first-order valence-electron chi connectivity index (χ1n) is 12.5. The Morgan fingerprint density at radius 1 is 0.857 bits per heavy atom. The molecular weight excluding hydrogens is 438 g/mol. The highest BCUT2D eigenvalue weighted by atomic mass is 16.2. The van der Waals surface area contributed by atoms with Crippen molar-refractivity contribution in [2.45, 2.75) is 26.7 Å². The molecule has 1 aromatic heterocycles. The normalized spacial score (nSPS) is 16.6. The van der Waals surface area contributed by atoms with Gasteiger partial charge in [0, 0.05) is 51.0 Å². The molecule has 0 atom stereocenters. The molecule has 7 nitrogen and oxygen atoms in total. The first-order valence-corrected chi connectivity index (χ1v) is 12.5. The number of likely N-dealkylation sites (tertiary alicyclic amines) is 1. The van der Waals surface area contributed by atoms with Crippen molar-refractivity contribution in [2.75, 3.05) is 45.8 Å². The van der Waals surface area contributed by atoms with E-state index in [2.05, 4.69) is 36.9 Å². The molecule has 0 radical (unpaired) electrons. The minimum absolute atomic E-state index is 0.00678. The van der Waals surface area contributed by atoms with Crippen molar-refractivity contribution >= 4 is 11.8 Å². The minimum atomic E-state index is -0.00678. The van der Waals surface area contributed by atoms with E-state index in [1.54, 1.807) is 4.68 Å². The van der Waals surface area contributed by atoms with Gasteiger partial charge in [0.05, 0.1) is 17.8 Å². The minimum Gasteiger partial charge on any atom is -0.342 e. The Bertz CT molecular complexity index is 1210. The summed E-state index contributed by atoms with van der Waals surface area (Å²) in [6.45, 7) is 8.96. The molecule has 2 aliphatic heterocycles. The van der Waals surface area contributed by atoms with Gasteiger partial charge in [-0.25, -0.2) is 4.68 Å². The number of carbonyl (C=O) groups excluding carboxylic acids is 2. The van der Waals surface area contributed by atoms with Crippen LogP contribution in [0.1, 0.15) is 34.3 Å². The van der Waals surface area contributed by atoms with E-state index >= 15 is 0 Å². The molecule has 35 heavy (non-hydrogen) atoms. The van der Waals surface area contributed by atoms with Crippen molar-refractivity contribution in [3.63, 3.8) is 0 Å². The van der Waals surface area contributed by atoms with Gasteiger partial charge in [-0.2, -0.15) is 5.10 Å². The predicted octanol–water partition coefficient (Wildman–Crippen LogP) is 3.54. The fraction of sp³-hybridized carbons (Fsp3) is 0.393. The maximum atomic E-state index is 13.7. The molecule has 3 heterocycles. The van der Waals surface area contributed by atoms with Crippen LogP contribution in [-0.4, -0.2) is 82.1 Å². The first-order chi connectivity index (χ1) is 17.0. The van der Waals surface area contributed by atoms with E-state index in [4.69, 9.17) is 5.10 Å². The summed E-state index contributed by atoms with van der Waals surface area (Å²) >= 11 is 0. The third-order valence-corrected chi connectivity index (χ3v) is 7.08. The summed E-state index contributed by atoms with van der Waals surface area (Å²) in [5, 5.41) is 4.86. The number of benzene rings is 2. The van der Waals surface area contributed by atoms with Crippen molar-refractivity contribution in [3.8, 4) is 16.9 Å². The van der Waals surface area contributed by atoms with Crippen LogP contribution in [0.25, 0.3) is 16.9 Å². The van der Waals surface area contributed by atoms with E-state index in [1.807, 2.05) is 46.3 Å². The summed E-state index contributed by atoms with van der Waals surface area (Å²) < 4.78 is 1.80. The highest BCUT2D eigenvalue weighted by molar-refractivity contribution is 6.00. The number of para-hydroxylation sites is 1. The van der Waals surface area contributed by atoms with E-state index < -0.39 is 0 Å². The lowest BCUT2D eigenvalue weighted by Gasteiger charge is -2.35. The molecule has 7 heteroatoms. The van der Waals surface area contributed by atoms with Crippen molar-refractivity contribution < 1.29 is 9.59 Å². The van der Waals surface area contributed by atoms with Crippen molar-refractivity contribution in [3.05, 3.63) is 71.4 Å². The Kier molecular flexibility index (Phi) is 6.68. The van der Waals surface area contributed by atoms with Crippen LogP contribution in [0.15, 0.2) is 54.7 Å². The third-order valence-electron chi connectivity index (χ3n) is 7.08. The number of piperazine rings is 1. The molecule has 0 saturated carbocycles. The van der Waals surface area contributed by atoms with Crippen LogP contribution in [0.5, 0.6) is 0 Å². The smallest absolute Gasteiger partial charge is 0.257 e. The topological polar surface area (TPSA) is 61.7 Å². The maximum Gasteiger partial charge on any atom is 0.257 e. The van der Waals surface area contributed by atoms with Gasteiger partial charge >= 0.3 is 0 Å². The molecule has 0 unspecified atom stereocenters. The van der Waals surface area contributed by atoms with E-state index in [0.29, 0.717) is 44.0 Å². The first kappa shape index (κ1) is 23.3. The number of aryl methyl sites for hydroxylation is 2. The summed E-state index contributed by atoms with van der Waals surface area (Å²) in [4.78, 5) is 32.3. The van der Waals surface area contributed by atoms with Gasteiger partial charge in [0.15, 0.2) is 0 Å². The van der Waals surface area contributed by atoms with Gasteiger partial charge in [0.1, 0.15) is 5.69 Å². The Labute approximate surface area is 206 Å². The lowest BCUT2D eigenvalue weighted by atomic mass is 10.00. The van der Waals surface area contributed by atoms with E-state index in [1.165, 1.54) is 5.56 Å². The van der Waals surface area contributed by atoms with Crippen LogP contribution in [0.4, 0.5) is 0 Å². The fourth-order valence-corrected chi connectivity index (χ4v) is 5.06. The quantitative estimate of drug-likeness (QED) is 0.571. The van der Waals surface area contributed by atoms with Gasteiger partial charge in [0.25, 0.3) is 5.91 Å². The summed E-state index contributed by atoms with van der Waals surface area (Å²) in [5.41, 5.74) is 5.50. The summed E-state index contributed by atoms with van der Waals surface area (Å²) in [6, 6.07) is 16.1.